The van der Waals surface area contributed by atoms with Crippen molar-refractivity contribution < 1.29 is 14.3 Å². The van der Waals surface area contributed by atoms with E-state index in [1.807, 2.05) is 48.5 Å². The van der Waals surface area contributed by atoms with Crippen LogP contribution in [-0.2, 0) is 9.53 Å². The molecule has 0 spiro atoms. The van der Waals surface area contributed by atoms with Crippen LogP contribution in [0.2, 0.25) is 5.02 Å². The molecule has 2 heterocycles. The third-order valence-electron chi connectivity index (χ3n) is 3.67. The number of halogens is 1. The number of carbonyl (C=O) groups excluding carboxylic acids is 1. The first-order chi connectivity index (χ1) is 11.7. The summed E-state index contributed by atoms with van der Waals surface area (Å²) in [6.45, 7) is 0.363. The van der Waals surface area contributed by atoms with Crippen LogP contribution in [0.15, 0.2) is 70.9 Å². The lowest BCUT2D eigenvalue weighted by Crippen LogP contribution is -2.08. The Kier molecular flexibility index (Phi) is 3.67. The molecule has 4 nitrogen and oxygen atoms in total. The number of rotatable bonds is 2. The Labute approximate surface area is 143 Å². The first kappa shape index (κ1) is 14.7. The van der Waals surface area contributed by atoms with Crippen LogP contribution in [0.25, 0.3) is 6.08 Å². The number of fused-ring (bicyclic) bond motifs is 1. The summed E-state index contributed by atoms with van der Waals surface area (Å²) in [6.07, 6.45) is 3.61. The molecule has 0 N–H and O–H groups in total. The quantitative estimate of drug-likeness (QED) is 0.614. The molecule has 5 heteroatoms. The number of carbonyl (C=O) groups is 1. The van der Waals surface area contributed by atoms with Crippen LogP contribution in [0.1, 0.15) is 11.1 Å². The van der Waals surface area contributed by atoms with E-state index in [1.165, 1.54) is 0 Å². The van der Waals surface area contributed by atoms with E-state index in [0.29, 0.717) is 17.5 Å². The number of hydrogen-bond donors (Lipinski definition) is 0. The third-order valence-corrected chi connectivity index (χ3v) is 3.91. The van der Waals surface area contributed by atoms with Gasteiger partial charge in [0, 0.05) is 16.1 Å². The zero-order chi connectivity index (χ0) is 16.5. The number of esters is 1. The minimum atomic E-state index is -0.466. The first-order valence-electron chi connectivity index (χ1n) is 7.40. The average molecular weight is 338 g/mol. The van der Waals surface area contributed by atoms with Gasteiger partial charge in [0.25, 0.3) is 0 Å². The van der Waals surface area contributed by atoms with E-state index >= 15 is 0 Å². The van der Waals surface area contributed by atoms with Gasteiger partial charge in [-0.3, -0.25) is 0 Å². The maximum absolute atomic E-state index is 12.0. The number of aliphatic imine (C=N–C) groups is 1. The highest BCUT2D eigenvalue weighted by atomic mass is 35.5. The topological polar surface area (TPSA) is 47.9 Å². The molecule has 0 saturated carbocycles. The predicted molar refractivity (Wildman–Crippen MR) is 92.1 cm³/mol. The predicted octanol–water partition coefficient (Wildman–Crippen LogP) is 4.00. The van der Waals surface area contributed by atoms with E-state index in [0.717, 1.165) is 22.4 Å². The van der Waals surface area contributed by atoms with Gasteiger partial charge in [-0.15, -0.1) is 0 Å². The van der Waals surface area contributed by atoms with Gasteiger partial charge in [-0.05, 0) is 48.1 Å². The van der Waals surface area contributed by atoms with Crippen LogP contribution in [0, 0.1) is 0 Å². The summed E-state index contributed by atoms with van der Waals surface area (Å²) in [5, 5.41) is 0.632. The van der Waals surface area contributed by atoms with Crippen molar-refractivity contribution in [3.63, 3.8) is 0 Å². The zero-order valence-electron chi connectivity index (χ0n) is 12.5. The highest BCUT2D eigenvalue weighted by Gasteiger charge is 2.24. The van der Waals surface area contributed by atoms with Crippen molar-refractivity contribution in [1.82, 2.24) is 0 Å². The molecule has 0 fully saturated rings. The maximum Gasteiger partial charge on any atom is 0.363 e. The Morgan fingerprint density at radius 2 is 1.96 bits per heavy atom. The van der Waals surface area contributed by atoms with Crippen LogP contribution in [0.3, 0.4) is 0 Å². The van der Waals surface area contributed by atoms with E-state index in [2.05, 4.69) is 4.99 Å². The van der Waals surface area contributed by atoms with Crippen LogP contribution < -0.4 is 4.74 Å². The van der Waals surface area contributed by atoms with E-state index in [9.17, 15) is 4.79 Å². The summed E-state index contributed by atoms with van der Waals surface area (Å²) in [7, 11) is 0. The van der Waals surface area contributed by atoms with E-state index in [4.69, 9.17) is 21.1 Å². The number of nitrogens with zero attached hydrogens (tertiary/aromatic N) is 1. The molecule has 0 unspecified atom stereocenters. The molecular formula is C19H12ClNO3. The molecule has 0 aromatic heterocycles. The van der Waals surface area contributed by atoms with E-state index in [-0.39, 0.29) is 5.70 Å². The molecule has 0 bridgehead atoms. The summed E-state index contributed by atoms with van der Waals surface area (Å²) < 4.78 is 10.9. The molecule has 0 amide bonds. The molecule has 4 rings (SSSR count). The van der Waals surface area contributed by atoms with Gasteiger partial charge in [0.15, 0.2) is 5.70 Å². The Hall–Kier alpha value is -2.85. The van der Waals surface area contributed by atoms with Crippen molar-refractivity contribution >= 4 is 29.5 Å². The van der Waals surface area contributed by atoms with Crippen molar-refractivity contribution in [1.29, 1.82) is 0 Å². The Morgan fingerprint density at radius 3 is 2.79 bits per heavy atom. The molecule has 0 atom stereocenters. The van der Waals surface area contributed by atoms with Gasteiger partial charge >= 0.3 is 5.97 Å². The summed E-state index contributed by atoms with van der Waals surface area (Å²) in [4.78, 5) is 16.3. The Balaban J connectivity index is 1.66. The van der Waals surface area contributed by atoms with Crippen LogP contribution in [-0.4, -0.2) is 18.5 Å². The lowest BCUT2D eigenvalue weighted by Gasteiger charge is -2.16. The van der Waals surface area contributed by atoms with Gasteiger partial charge in [0.1, 0.15) is 12.4 Å². The normalized spacial score (nSPS) is 17.7. The monoisotopic (exact) mass is 337 g/mol. The second kappa shape index (κ2) is 5.98. The third kappa shape index (κ3) is 2.84. The second-order valence-electron chi connectivity index (χ2n) is 5.39. The SMILES string of the molecule is O=C1OC(c2ccccc2)=N/C1=C/C1=Cc2cc(Cl)ccc2OC1. The van der Waals surface area contributed by atoms with E-state index < -0.39 is 5.97 Å². The van der Waals surface area contributed by atoms with Crippen LogP contribution in [0.4, 0.5) is 0 Å². The van der Waals surface area contributed by atoms with Crippen LogP contribution in [0.5, 0.6) is 5.75 Å². The molecule has 0 aliphatic carbocycles. The van der Waals surface area contributed by atoms with Gasteiger partial charge in [-0.25, -0.2) is 9.79 Å². The number of benzene rings is 2. The van der Waals surface area contributed by atoms with E-state index in [1.54, 1.807) is 12.1 Å². The molecular weight excluding hydrogens is 326 g/mol. The number of hydrogen-bond acceptors (Lipinski definition) is 4. The van der Waals surface area contributed by atoms with Crippen molar-refractivity contribution in [2.24, 2.45) is 4.99 Å². The molecule has 0 saturated heterocycles. The van der Waals surface area contributed by atoms with Crippen LogP contribution >= 0.6 is 11.6 Å². The second-order valence-corrected chi connectivity index (χ2v) is 5.83. The summed E-state index contributed by atoms with van der Waals surface area (Å²) in [6, 6.07) is 14.7. The molecule has 0 radical (unpaired) electrons. The largest absolute Gasteiger partial charge is 0.488 e. The fourth-order valence-corrected chi connectivity index (χ4v) is 2.72. The fourth-order valence-electron chi connectivity index (χ4n) is 2.54. The Bertz CT molecular complexity index is 913. The summed E-state index contributed by atoms with van der Waals surface area (Å²) in [5.41, 5.74) is 2.73. The molecule has 2 aliphatic heterocycles. The highest BCUT2D eigenvalue weighted by molar-refractivity contribution is 6.30. The molecule has 2 aromatic rings. The number of cyclic esters (lactones) is 1. The lowest BCUT2D eigenvalue weighted by atomic mass is 10.1. The van der Waals surface area contributed by atoms with Gasteiger partial charge in [0.2, 0.25) is 5.90 Å². The summed E-state index contributed by atoms with van der Waals surface area (Å²) >= 11 is 6.01. The molecule has 2 aliphatic rings. The van der Waals surface area contributed by atoms with Crippen molar-refractivity contribution in [3.8, 4) is 5.75 Å². The van der Waals surface area contributed by atoms with Gasteiger partial charge in [0.05, 0.1) is 0 Å². The van der Waals surface area contributed by atoms with Crippen molar-refractivity contribution in [2.45, 2.75) is 0 Å². The van der Waals surface area contributed by atoms with Crippen molar-refractivity contribution in [3.05, 3.63) is 82.0 Å². The minimum Gasteiger partial charge on any atom is -0.488 e. The van der Waals surface area contributed by atoms with Crippen molar-refractivity contribution in [2.75, 3.05) is 6.61 Å². The fraction of sp³-hybridized carbons (Fsp3) is 0.0526. The van der Waals surface area contributed by atoms with Gasteiger partial charge < -0.3 is 9.47 Å². The molecule has 2 aromatic carbocycles. The smallest absolute Gasteiger partial charge is 0.363 e. The lowest BCUT2D eigenvalue weighted by molar-refractivity contribution is -0.130. The van der Waals surface area contributed by atoms with Gasteiger partial charge in [-0.2, -0.15) is 0 Å². The maximum atomic E-state index is 12.0. The summed E-state index contributed by atoms with van der Waals surface area (Å²) in [5.74, 6) is 0.614. The van der Waals surface area contributed by atoms with Gasteiger partial charge in [-0.1, -0.05) is 29.8 Å². The minimum absolute atomic E-state index is 0.259. The molecule has 24 heavy (non-hydrogen) atoms. The zero-order valence-corrected chi connectivity index (χ0v) is 13.3. The highest BCUT2D eigenvalue weighted by Crippen LogP contribution is 2.30. The first-order valence-corrected chi connectivity index (χ1v) is 7.78. The standard InChI is InChI=1S/C19H12ClNO3/c20-15-6-7-17-14(10-15)8-12(11-23-17)9-16-19(22)24-18(21-16)13-4-2-1-3-5-13/h1-10H,11H2/b16-9+. The average Bonchev–Trinajstić information content (AvgIpc) is 2.96. The Morgan fingerprint density at radius 1 is 1.12 bits per heavy atom. The number of ether oxygens (including phenoxy) is 2. The molecule has 118 valence electrons.